The summed E-state index contributed by atoms with van der Waals surface area (Å²) in [6.45, 7) is 0.444. The molecule has 100 valence electrons. The van der Waals surface area contributed by atoms with Gasteiger partial charge in [-0.05, 0) is 23.8 Å². The number of carbonyl (C=O) groups excluding carboxylic acids is 1. The number of hydrogen-bond acceptors (Lipinski definition) is 6. The minimum atomic E-state index is -0.446. The van der Waals surface area contributed by atoms with Crippen LogP contribution < -0.4 is 5.32 Å². The third-order valence-corrected chi connectivity index (χ3v) is 2.61. The van der Waals surface area contributed by atoms with Crippen molar-refractivity contribution < 1.29 is 9.53 Å². The van der Waals surface area contributed by atoms with Gasteiger partial charge in [0.15, 0.2) is 0 Å². The van der Waals surface area contributed by atoms with E-state index in [2.05, 4.69) is 15.3 Å². The van der Waals surface area contributed by atoms with E-state index in [0.29, 0.717) is 23.6 Å². The van der Waals surface area contributed by atoms with Crippen molar-refractivity contribution in [1.29, 1.82) is 5.26 Å². The number of anilines is 1. The Morgan fingerprint density at radius 2 is 2.25 bits per heavy atom. The Kier molecular flexibility index (Phi) is 4.24. The molecule has 2 rings (SSSR count). The summed E-state index contributed by atoms with van der Waals surface area (Å²) >= 11 is 0. The molecule has 6 heteroatoms. The molecule has 2 aromatic heterocycles. The molecule has 6 nitrogen and oxygen atoms in total. The molecule has 2 heterocycles. The van der Waals surface area contributed by atoms with Gasteiger partial charge < -0.3 is 10.1 Å². The van der Waals surface area contributed by atoms with Crippen molar-refractivity contribution in [2.45, 2.75) is 6.54 Å². The summed E-state index contributed by atoms with van der Waals surface area (Å²) in [5, 5.41) is 11.7. The molecule has 0 aliphatic heterocycles. The first-order chi connectivity index (χ1) is 9.74. The molecule has 0 amide bonds. The lowest BCUT2D eigenvalue weighted by atomic mass is 10.2. The third kappa shape index (κ3) is 3.09. The molecule has 1 N–H and O–H groups in total. The van der Waals surface area contributed by atoms with Gasteiger partial charge in [0.2, 0.25) is 0 Å². The molecule has 0 aromatic carbocycles. The van der Waals surface area contributed by atoms with Crippen LogP contribution in [-0.2, 0) is 11.3 Å². The van der Waals surface area contributed by atoms with Crippen LogP contribution in [0.15, 0.2) is 36.7 Å². The molecule has 0 saturated heterocycles. The number of aromatic nitrogens is 2. The van der Waals surface area contributed by atoms with Gasteiger partial charge in [0, 0.05) is 18.9 Å². The number of methoxy groups -OCH3 is 1. The van der Waals surface area contributed by atoms with E-state index < -0.39 is 5.97 Å². The Morgan fingerprint density at radius 1 is 1.40 bits per heavy atom. The van der Waals surface area contributed by atoms with E-state index in [1.165, 1.54) is 7.11 Å². The maximum atomic E-state index is 11.6. The maximum Gasteiger partial charge on any atom is 0.341 e. The fourth-order valence-electron chi connectivity index (χ4n) is 1.60. The van der Waals surface area contributed by atoms with Gasteiger partial charge >= 0.3 is 5.97 Å². The van der Waals surface area contributed by atoms with Crippen molar-refractivity contribution in [3.8, 4) is 6.07 Å². The molecule has 0 spiro atoms. The van der Waals surface area contributed by atoms with Crippen LogP contribution in [0.25, 0.3) is 0 Å². The predicted molar refractivity (Wildman–Crippen MR) is 71.9 cm³/mol. The molecular formula is C14H12N4O2. The Hall–Kier alpha value is -2.94. The van der Waals surface area contributed by atoms with Crippen LogP contribution in [0.4, 0.5) is 5.82 Å². The lowest BCUT2D eigenvalue weighted by Crippen LogP contribution is -2.09. The van der Waals surface area contributed by atoms with Crippen LogP contribution in [0.2, 0.25) is 0 Å². The minimum absolute atomic E-state index is 0.363. The van der Waals surface area contributed by atoms with Crippen molar-refractivity contribution >= 4 is 11.8 Å². The molecule has 0 fully saturated rings. The molecule has 0 bridgehead atoms. The van der Waals surface area contributed by atoms with E-state index in [9.17, 15) is 4.79 Å². The van der Waals surface area contributed by atoms with Crippen LogP contribution in [-0.4, -0.2) is 23.0 Å². The van der Waals surface area contributed by atoms with Gasteiger partial charge in [0.05, 0.1) is 7.11 Å². The lowest BCUT2D eigenvalue weighted by molar-refractivity contribution is 0.0601. The maximum absolute atomic E-state index is 11.6. The Morgan fingerprint density at radius 3 is 2.90 bits per heavy atom. The molecular weight excluding hydrogens is 256 g/mol. The van der Waals surface area contributed by atoms with Crippen LogP contribution in [0.3, 0.4) is 0 Å². The molecule has 20 heavy (non-hydrogen) atoms. The first kappa shape index (κ1) is 13.5. The largest absolute Gasteiger partial charge is 0.465 e. The van der Waals surface area contributed by atoms with Gasteiger partial charge in [0.1, 0.15) is 23.1 Å². The van der Waals surface area contributed by atoms with Crippen molar-refractivity contribution in [2.75, 3.05) is 12.4 Å². The zero-order valence-electron chi connectivity index (χ0n) is 10.8. The number of nitrogens with zero attached hydrogens (tertiary/aromatic N) is 3. The summed E-state index contributed by atoms with van der Waals surface area (Å²) in [6.07, 6.45) is 3.19. The van der Waals surface area contributed by atoms with E-state index in [4.69, 9.17) is 10.00 Å². The number of carbonyl (C=O) groups is 1. The SMILES string of the molecule is COC(=O)c1cccnc1NCc1ccc(C#N)nc1. The minimum Gasteiger partial charge on any atom is -0.465 e. The summed E-state index contributed by atoms with van der Waals surface area (Å²) in [5.74, 6) is 0.00210. The van der Waals surface area contributed by atoms with E-state index in [1.807, 2.05) is 6.07 Å². The van der Waals surface area contributed by atoms with Gasteiger partial charge in [-0.15, -0.1) is 0 Å². The number of nitrogens with one attached hydrogen (secondary N) is 1. The highest BCUT2D eigenvalue weighted by atomic mass is 16.5. The fraction of sp³-hybridized carbons (Fsp3) is 0.143. The Balaban J connectivity index is 2.10. The zero-order valence-corrected chi connectivity index (χ0v) is 10.8. The molecule has 0 atom stereocenters. The van der Waals surface area contributed by atoms with Crippen molar-refractivity contribution in [2.24, 2.45) is 0 Å². The van der Waals surface area contributed by atoms with E-state index in [0.717, 1.165) is 5.56 Å². The van der Waals surface area contributed by atoms with E-state index in [1.54, 1.807) is 36.7 Å². The molecule has 2 aromatic rings. The second-order valence-corrected chi connectivity index (χ2v) is 3.91. The van der Waals surface area contributed by atoms with Gasteiger partial charge in [-0.3, -0.25) is 0 Å². The zero-order chi connectivity index (χ0) is 14.4. The first-order valence-corrected chi connectivity index (χ1v) is 5.87. The van der Waals surface area contributed by atoms with Crippen molar-refractivity contribution in [1.82, 2.24) is 9.97 Å². The molecule has 0 aliphatic rings. The average molecular weight is 268 g/mol. The predicted octanol–water partition coefficient (Wildman–Crippen LogP) is 1.75. The fourth-order valence-corrected chi connectivity index (χ4v) is 1.60. The Bertz CT molecular complexity index is 647. The number of rotatable bonds is 4. The normalized spacial score (nSPS) is 9.60. The van der Waals surface area contributed by atoms with Crippen LogP contribution in [0.5, 0.6) is 0 Å². The monoisotopic (exact) mass is 268 g/mol. The number of esters is 1. The molecule has 0 saturated carbocycles. The van der Waals surface area contributed by atoms with Gasteiger partial charge in [-0.1, -0.05) is 6.07 Å². The second-order valence-electron chi connectivity index (χ2n) is 3.91. The van der Waals surface area contributed by atoms with Crippen LogP contribution in [0, 0.1) is 11.3 Å². The van der Waals surface area contributed by atoms with Crippen LogP contribution >= 0.6 is 0 Å². The second kappa shape index (κ2) is 6.29. The topological polar surface area (TPSA) is 87.9 Å². The van der Waals surface area contributed by atoms with E-state index >= 15 is 0 Å². The Labute approximate surface area is 116 Å². The quantitative estimate of drug-likeness (QED) is 0.850. The summed E-state index contributed by atoms with van der Waals surface area (Å²) < 4.78 is 4.69. The third-order valence-electron chi connectivity index (χ3n) is 2.61. The average Bonchev–Trinajstić information content (AvgIpc) is 2.53. The van der Waals surface area contributed by atoms with Crippen molar-refractivity contribution in [3.63, 3.8) is 0 Å². The number of pyridine rings is 2. The van der Waals surface area contributed by atoms with E-state index in [-0.39, 0.29) is 0 Å². The van der Waals surface area contributed by atoms with Gasteiger partial charge in [-0.2, -0.15) is 5.26 Å². The molecule has 0 unspecified atom stereocenters. The van der Waals surface area contributed by atoms with Gasteiger partial charge in [-0.25, -0.2) is 14.8 Å². The summed E-state index contributed by atoms with van der Waals surface area (Å²) in [6, 6.07) is 8.69. The number of ether oxygens (including phenoxy) is 1. The van der Waals surface area contributed by atoms with Crippen molar-refractivity contribution in [3.05, 3.63) is 53.5 Å². The highest BCUT2D eigenvalue weighted by Crippen LogP contribution is 2.13. The highest BCUT2D eigenvalue weighted by molar-refractivity contribution is 5.94. The standard InChI is InChI=1S/C14H12N4O2/c1-20-14(19)12-3-2-6-16-13(12)18-9-10-4-5-11(7-15)17-8-10/h2-6,8H,9H2,1H3,(H,16,18). The molecule has 0 radical (unpaired) electrons. The molecule has 0 aliphatic carbocycles. The summed E-state index contributed by atoms with van der Waals surface area (Å²) in [7, 11) is 1.32. The van der Waals surface area contributed by atoms with Gasteiger partial charge in [0.25, 0.3) is 0 Å². The number of hydrogen-bond donors (Lipinski definition) is 1. The lowest BCUT2D eigenvalue weighted by Gasteiger charge is -2.09. The first-order valence-electron chi connectivity index (χ1n) is 5.87. The van der Waals surface area contributed by atoms with Crippen LogP contribution in [0.1, 0.15) is 21.6 Å². The summed E-state index contributed by atoms with van der Waals surface area (Å²) in [5.41, 5.74) is 1.61. The highest BCUT2D eigenvalue weighted by Gasteiger charge is 2.11. The smallest absolute Gasteiger partial charge is 0.341 e. The summed E-state index contributed by atoms with van der Waals surface area (Å²) in [4.78, 5) is 19.7. The number of nitriles is 1.